The molecule has 158 valence electrons. The molecule has 0 bridgehead atoms. The molecule has 0 amide bonds. The summed E-state index contributed by atoms with van der Waals surface area (Å²) < 4.78 is 5.85. The van der Waals surface area contributed by atoms with Crippen LogP contribution in [0.4, 0.5) is 0 Å². The Morgan fingerprint density at radius 2 is 1.48 bits per heavy atom. The van der Waals surface area contributed by atoms with Gasteiger partial charge in [0.25, 0.3) is 0 Å². The van der Waals surface area contributed by atoms with Crippen LogP contribution in [-0.2, 0) is 6.42 Å². The average Bonchev–Trinajstić information content (AvgIpc) is 2.76. The van der Waals surface area contributed by atoms with Crippen LogP contribution in [0.1, 0.15) is 83.6 Å². The van der Waals surface area contributed by atoms with E-state index in [-0.39, 0.29) is 0 Å². The lowest BCUT2D eigenvalue weighted by atomic mass is 10.1. The van der Waals surface area contributed by atoms with E-state index in [0.717, 1.165) is 43.0 Å². The molecule has 2 rings (SSSR count). The second-order valence-electron chi connectivity index (χ2n) is 7.71. The van der Waals surface area contributed by atoms with E-state index in [0.29, 0.717) is 0 Å². The largest absolute Gasteiger partial charge is 0.494 e. The number of rotatable bonds is 15. The molecule has 1 heterocycles. The zero-order valence-corrected chi connectivity index (χ0v) is 18.4. The van der Waals surface area contributed by atoms with Gasteiger partial charge in [0.05, 0.1) is 6.61 Å². The van der Waals surface area contributed by atoms with Gasteiger partial charge < -0.3 is 4.74 Å². The highest BCUT2D eigenvalue weighted by molar-refractivity contribution is 5.55. The summed E-state index contributed by atoms with van der Waals surface area (Å²) in [5.41, 5.74) is 2.27. The lowest BCUT2D eigenvalue weighted by Crippen LogP contribution is -1.97. The van der Waals surface area contributed by atoms with E-state index in [1.54, 1.807) is 0 Å². The number of nitrogens with zero attached hydrogens (tertiary/aromatic N) is 2. The van der Waals surface area contributed by atoms with Gasteiger partial charge in [-0.3, -0.25) is 0 Å². The van der Waals surface area contributed by atoms with Gasteiger partial charge in [-0.05, 0) is 68.4 Å². The van der Waals surface area contributed by atoms with Crippen LogP contribution in [0.2, 0.25) is 0 Å². The van der Waals surface area contributed by atoms with Crippen molar-refractivity contribution in [1.82, 2.24) is 9.97 Å². The Hall–Kier alpha value is -2.16. The van der Waals surface area contributed by atoms with Crippen molar-refractivity contribution in [3.8, 4) is 17.1 Å². The lowest BCUT2D eigenvalue weighted by molar-refractivity contribution is 0.307. The van der Waals surface area contributed by atoms with Crippen molar-refractivity contribution in [3.05, 3.63) is 54.4 Å². The van der Waals surface area contributed by atoms with E-state index in [1.165, 1.54) is 56.9 Å². The molecule has 1 aromatic carbocycles. The first-order valence-electron chi connectivity index (χ1n) is 11.5. The Kier molecular flexibility index (Phi) is 11.8. The maximum Gasteiger partial charge on any atom is 0.159 e. The molecule has 3 nitrogen and oxygen atoms in total. The molecule has 0 unspecified atom stereocenters. The number of hydrogen-bond donors (Lipinski definition) is 0. The van der Waals surface area contributed by atoms with Crippen LogP contribution in [-0.4, -0.2) is 16.6 Å². The van der Waals surface area contributed by atoms with Gasteiger partial charge in [0.1, 0.15) is 5.75 Å². The number of benzene rings is 1. The van der Waals surface area contributed by atoms with E-state index in [9.17, 15) is 0 Å². The van der Waals surface area contributed by atoms with E-state index >= 15 is 0 Å². The average molecular weight is 395 g/mol. The zero-order valence-electron chi connectivity index (χ0n) is 18.4. The number of aromatic nitrogens is 2. The molecule has 0 saturated carbocycles. The van der Waals surface area contributed by atoms with Crippen molar-refractivity contribution in [2.45, 2.75) is 84.5 Å². The SMILES string of the molecule is CCCC=CCCCCOc1ccc(-c2ncc(CCCCCCC)cn2)cc1. The fourth-order valence-electron chi connectivity index (χ4n) is 3.22. The zero-order chi connectivity index (χ0) is 20.6. The fraction of sp³-hybridized carbons (Fsp3) is 0.538. The fourth-order valence-corrected chi connectivity index (χ4v) is 3.22. The molecule has 0 aliphatic carbocycles. The van der Waals surface area contributed by atoms with E-state index < -0.39 is 0 Å². The normalized spacial score (nSPS) is 11.2. The Bertz CT molecular complexity index is 677. The van der Waals surface area contributed by atoms with E-state index in [2.05, 4.69) is 36.0 Å². The van der Waals surface area contributed by atoms with Crippen molar-refractivity contribution in [2.24, 2.45) is 0 Å². The van der Waals surface area contributed by atoms with E-state index in [1.807, 2.05) is 36.7 Å². The van der Waals surface area contributed by atoms with Crippen molar-refractivity contribution < 1.29 is 4.74 Å². The Morgan fingerprint density at radius 3 is 2.21 bits per heavy atom. The maximum absolute atomic E-state index is 5.85. The topological polar surface area (TPSA) is 35.0 Å². The summed E-state index contributed by atoms with van der Waals surface area (Å²) in [7, 11) is 0. The quantitative estimate of drug-likeness (QED) is 0.231. The molecule has 1 aromatic heterocycles. The first-order valence-corrected chi connectivity index (χ1v) is 11.5. The summed E-state index contributed by atoms with van der Waals surface area (Å²) >= 11 is 0. The van der Waals surface area contributed by atoms with Crippen LogP contribution in [0, 0.1) is 0 Å². The van der Waals surface area contributed by atoms with Gasteiger partial charge in [0.2, 0.25) is 0 Å². The molecule has 0 saturated heterocycles. The predicted octanol–water partition coefficient (Wildman–Crippen LogP) is 7.56. The molecular formula is C26H38N2O. The van der Waals surface area contributed by atoms with Crippen molar-refractivity contribution >= 4 is 0 Å². The van der Waals surface area contributed by atoms with Crippen molar-refractivity contribution in [3.63, 3.8) is 0 Å². The third kappa shape index (κ3) is 9.74. The standard InChI is InChI=1S/C26H38N2O/c1-3-5-7-9-10-12-14-20-29-25-18-16-24(17-19-25)26-27-21-23(22-28-26)15-13-11-8-6-4-2/h7,9,16-19,21-22H,3-6,8,10-15,20H2,1-2H3. The number of ether oxygens (including phenoxy) is 1. The molecule has 0 N–H and O–H groups in total. The van der Waals surface area contributed by atoms with E-state index in [4.69, 9.17) is 4.74 Å². The molecule has 29 heavy (non-hydrogen) atoms. The molecule has 2 aromatic rings. The molecule has 0 spiro atoms. The third-order valence-corrected chi connectivity index (χ3v) is 5.04. The summed E-state index contributed by atoms with van der Waals surface area (Å²) in [6.07, 6.45) is 21.9. The minimum absolute atomic E-state index is 0.768. The van der Waals surface area contributed by atoms with Crippen LogP contribution in [0.25, 0.3) is 11.4 Å². The second-order valence-corrected chi connectivity index (χ2v) is 7.71. The van der Waals surface area contributed by atoms with Crippen LogP contribution >= 0.6 is 0 Å². The molecule has 0 fully saturated rings. The highest BCUT2D eigenvalue weighted by Crippen LogP contribution is 2.20. The van der Waals surface area contributed by atoms with Gasteiger partial charge in [0, 0.05) is 18.0 Å². The van der Waals surface area contributed by atoms with Crippen LogP contribution in [0.3, 0.4) is 0 Å². The minimum Gasteiger partial charge on any atom is -0.494 e. The number of hydrogen-bond acceptors (Lipinski definition) is 3. The van der Waals surface area contributed by atoms with Crippen LogP contribution in [0.5, 0.6) is 5.75 Å². The second kappa shape index (κ2) is 14.8. The van der Waals surface area contributed by atoms with Crippen molar-refractivity contribution in [1.29, 1.82) is 0 Å². The Labute approximate surface area is 177 Å². The summed E-state index contributed by atoms with van der Waals surface area (Å²) in [4.78, 5) is 9.10. The predicted molar refractivity (Wildman–Crippen MR) is 123 cm³/mol. The Balaban J connectivity index is 1.69. The summed E-state index contributed by atoms with van der Waals surface area (Å²) in [5, 5.41) is 0. The first kappa shape index (κ1) is 23.1. The highest BCUT2D eigenvalue weighted by Gasteiger charge is 2.03. The lowest BCUT2D eigenvalue weighted by Gasteiger charge is -2.07. The van der Waals surface area contributed by atoms with Gasteiger partial charge in [0.15, 0.2) is 5.82 Å². The number of unbranched alkanes of at least 4 members (excludes halogenated alkanes) is 7. The Morgan fingerprint density at radius 1 is 0.759 bits per heavy atom. The van der Waals surface area contributed by atoms with Crippen LogP contribution in [0.15, 0.2) is 48.8 Å². The summed E-state index contributed by atoms with van der Waals surface area (Å²) in [5.74, 6) is 1.70. The molecule has 0 atom stereocenters. The molecule has 3 heteroatoms. The smallest absolute Gasteiger partial charge is 0.159 e. The maximum atomic E-state index is 5.85. The van der Waals surface area contributed by atoms with Gasteiger partial charge in [-0.1, -0.05) is 58.1 Å². The number of aryl methyl sites for hydroxylation is 1. The summed E-state index contributed by atoms with van der Waals surface area (Å²) in [6.45, 7) is 5.23. The molecule has 0 radical (unpaired) electrons. The highest BCUT2D eigenvalue weighted by atomic mass is 16.5. The third-order valence-electron chi connectivity index (χ3n) is 5.04. The first-order chi connectivity index (χ1) is 14.3. The van der Waals surface area contributed by atoms with Gasteiger partial charge in [-0.2, -0.15) is 0 Å². The van der Waals surface area contributed by atoms with Gasteiger partial charge >= 0.3 is 0 Å². The summed E-state index contributed by atoms with van der Waals surface area (Å²) in [6, 6.07) is 8.12. The number of allylic oxidation sites excluding steroid dienone is 2. The van der Waals surface area contributed by atoms with Crippen LogP contribution < -0.4 is 4.74 Å². The van der Waals surface area contributed by atoms with Gasteiger partial charge in [-0.15, -0.1) is 0 Å². The molecule has 0 aliphatic heterocycles. The minimum atomic E-state index is 0.768. The molecule has 0 aliphatic rings. The van der Waals surface area contributed by atoms with Gasteiger partial charge in [-0.25, -0.2) is 9.97 Å². The molecular weight excluding hydrogens is 356 g/mol. The van der Waals surface area contributed by atoms with Crippen molar-refractivity contribution in [2.75, 3.05) is 6.61 Å². The monoisotopic (exact) mass is 394 g/mol.